The molecule has 1 aromatic rings. The van der Waals surface area contributed by atoms with Crippen LogP contribution in [0.25, 0.3) is 0 Å². The Morgan fingerprint density at radius 3 is 2.53 bits per heavy atom. The standard InChI is InChI=1S/C15H22N2O2/c16-14(10-11-6-8-13(18)9-7-11)15(19)17-12-4-2-1-3-5-12/h6-9,12,14,18H,1-5,10,16H2,(H,17,19). The molecule has 1 aromatic carbocycles. The van der Waals surface area contributed by atoms with Gasteiger partial charge in [0.25, 0.3) is 0 Å². The van der Waals surface area contributed by atoms with Crippen LogP contribution in [-0.4, -0.2) is 23.1 Å². The molecule has 0 spiro atoms. The molecule has 0 bridgehead atoms. The Morgan fingerprint density at radius 2 is 1.89 bits per heavy atom. The first-order chi connectivity index (χ1) is 9.15. The number of carbonyl (C=O) groups excluding carboxylic acids is 1. The van der Waals surface area contributed by atoms with E-state index in [1.807, 2.05) is 0 Å². The number of hydrogen-bond donors (Lipinski definition) is 3. The number of phenolic OH excluding ortho intramolecular Hbond substituents is 1. The van der Waals surface area contributed by atoms with Gasteiger partial charge in [-0.05, 0) is 37.0 Å². The number of hydrogen-bond acceptors (Lipinski definition) is 3. The maximum absolute atomic E-state index is 12.0. The van der Waals surface area contributed by atoms with Crippen LogP contribution in [-0.2, 0) is 11.2 Å². The summed E-state index contributed by atoms with van der Waals surface area (Å²) in [5.41, 5.74) is 6.89. The van der Waals surface area contributed by atoms with Gasteiger partial charge in [0.05, 0.1) is 6.04 Å². The van der Waals surface area contributed by atoms with Crippen LogP contribution in [0, 0.1) is 0 Å². The molecule has 1 aliphatic rings. The van der Waals surface area contributed by atoms with Crippen molar-refractivity contribution in [1.82, 2.24) is 5.32 Å². The monoisotopic (exact) mass is 262 g/mol. The maximum atomic E-state index is 12.0. The number of phenols is 1. The maximum Gasteiger partial charge on any atom is 0.237 e. The molecular weight excluding hydrogens is 240 g/mol. The van der Waals surface area contributed by atoms with Crippen molar-refractivity contribution >= 4 is 5.91 Å². The molecular formula is C15H22N2O2. The van der Waals surface area contributed by atoms with Gasteiger partial charge in [0.15, 0.2) is 0 Å². The molecule has 0 saturated heterocycles. The largest absolute Gasteiger partial charge is 0.508 e. The van der Waals surface area contributed by atoms with Gasteiger partial charge in [-0.2, -0.15) is 0 Å². The molecule has 4 heteroatoms. The summed E-state index contributed by atoms with van der Waals surface area (Å²) in [6.45, 7) is 0. The van der Waals surface area contributed by atoms with Crippen molar-refractivity contribution in [2.45, 2.75) is 50.6 Å². The predicted octanol–water partition coefficient (Wildman–Crippen LogP) is 1.71. The van der Waals surface area contributed by atoms with E-state index in [1.165, 1.54) is 19.3 Å². The Kier molecular flexibility index (Phi) is 4.80. The Morgan fingerprint density at radius 1 is 1.26 bits per heavy atom. The van der Waals surface area contributed by atoms with E-state index in [0.717, 1.165) is 18.4 Å². The van der Waals surface area contributed by atoms with Gasteiger partial charge < -0.3 is 16.2 Å². The van der Waals surface area contributed by atoms with E-state index < -0.39 is 6.04 Å². The summed E-state index contributed by atoms with van der Waals surface area (Å²) in [4.78, 5) is 12.0. The molecule has 0 radical (unpaired) electrons. The van der Waals surface area contributed by atoms with Crippen LogP contribution in [0.15, 0.2) is 24.3 Å². The van der Waals surface area contributed by atoms with E-state index in [4.69, 9.17) is 5.73 Å². The second kappa shape index (κ2) is 6.57. The smallest absolute Gasteiger partial charge is 0.237 e. The fraction of sp³-hybridized carbons (Fsp3) is 0.533. The Balaban J connectivity index is 1.83. The third kappa shape index (κ3) is 4.24. The molecule has 4 N–H and O–H groups in total. The molecule has 0 aliphatic heterocycles. The third-order valence-corrected chi connectivity index (χ3v) is 3.68. The molecule has 1 unspecified atom stereocenters. The number of aromatic hydroxyl groups is 1. The summed E-state index contributed by atoms with van der Waals surface area (Å²) >= 11 is 0. The highest BCUT2D eigenvalue weighted by atomic mass is 16.3. The number of amides is 1. The van der Waals surface area contributed by atoms with Gasteiger partial charge >= 0.3 is 0 Å². The van der Waals surface area contributed by atoms with Crippen LogP contribution in [0.1, 0.15) is 37.7 Å². The number of rotatable bonds is 4. The van der Waals surface area contributed by atoms with Crippen molar-refractivity contribution in [3.8, 4) is 5.75 Å². The van der Waals surface area contributed by atoms with Gasteiger partial charge in [-0.1, -0.05) is 31.4 Å². The molecule has 2 rings (SSSR count). The topological polar surface area (TPSA) is 75.3 Å². The summed E-state index contributed by atoms with van der Waals surface area (Å²) in [5.74, 6) is 0.156. The highest BCUT2D eigenvalue weighted by molar-refractivity contribution is 5.82. The quantitative estimate of drug-likeness (QED) is 0.773. The second-order valence-electron chi connectivity index (χ2n) is 5.32. The molecule has 0 heterocycles. The van der Waals surface area contributed by atoms with Crippen molar-refractivity contribution < 1.29 is 9.90 Å². The highest BCUT2D eigenvalue weighted by Gasteiger charge is 2.20. The van der Waals surface area contributed by atoms with Crippen LogP contribution in [0.5, 0.6) is 5.75 Å². The lowest BCUT2D eigenvalue weighted by molar-refractivity contribution is -0.123. The van der Waals surface area contributed by atoms with Crippen LogP contribution in [0.3, 0.4) is 0 Å². The summed E-state index contributed by atoms with van der Waals surface area (Å²) in [7, 11) is 0. The molecule has 104 valence electrons. The molecule has 1 fully saturated rings. The number of benzene rings is 1. The summed E-state index contributed by atoms with van der Waals surface area (Å²) < 4.78 is 0. The second-order valence-corrected chi connectivity index (χ2v) is 5.32. The fourth-order valence-electron chi connectivity index (χ4n) is 2.53. The first kappa shape index (κ1) is 13.9. The zero-order valence-electron chi connectivity index (χ0n) is 11.1. The van der Waals surface area contributed by atoms with Crippen LogP contribution in [0.4, 0.5) is 0 Å². The normalized spacial score (nSPS) is 17.9. The first-order valence-electron chi connectivity index (χ1n) is 6.99. The lowest BCUT2D eigenvalue weighted by Gasteiger charge is -2.24. The van der Waals surface area contributed by atoms with Crippen molar-refractivity contribution in [2.24, 2.45) is 5.73 Å². The molecule has 0 aromatic heterocycles. The minimum Gasteiger partial charge on any atom is -0.508 e. The minimum atomic E-state index is -0.522. The molecule has 1 atom stereocenters. The Hall–Kier alpha value is -1.55. The van der Waals surface area contributed by atoms with Gasteiger partial charge in [0.2, 0.25) is 5.91 Å². The molecule has 1 amide bonds. The molecule has 1 saturated carbocycles. The minimum absolute atomic E-state index is 0.0695. The van der Waals surface area contributed by atoms with E-state index in [1.54, 1.807) is 24.3 Å². The van der Waals surface area contributed by atoms with Crippen molar-refractivity contribution in [3.05, 3.63) is 29.8 Å². The van der Waals surface area contributed by atoms with Crippen molar-refractivity contribution in [3.63, 3.8) is 0 Å². The Bertz CT molecular complexity index is 411. The Labute approximate surface area is 114 Å². The number of nitrogens with one attached hydrogen (secondary N) is 1. The van der Waals surface area contributed by atoms with Crippen LogP contribution < -0.4 is 11.1 Å². The SMILES string of the molecule is NC(Cc1ccc(O)cc1)C(=O)NC1CCCCC1. The van der Waals surface area contributed by atoms with Gasteiger partial charge in [0.1, 0.15) is 5.75 Å². The summed E-state index contributed by atoms with van der Waals surface area (Å²) in [5, 5.41) is 12.2. The predicted molar refractivity (Wildman–Crippen MR) is 74.8 cm³/mol. The summed E-state index contributed by atoms with van der Waals surface area (Å²) in [6.07, 6.45) is 6.29. The number of carbonyl (C=O) groups is 1. The van der Waals surface area contributed by atoms with E-state index >= 15 is 0 Å². The van der Waals surface area contributed by atoms with Crippen LogP contribution >= 0.6 is 0 Å². The van der Waals surface area contributed by atoms with E-state index in [2.05, 4.69) is 5.32 Å². The van der Waals surface area contributed by atoms with Crippen molar-refractivity contribution in [1.29, 1.82) is 0 Å². The highest BCUT2D eigenvalue weighted by Crippen LogP contribution is 2.17. The first-order valence-corrected chi connectivity index (χ1v) is 6.99. The van der Waals surface area contributed by atoms with Gasteiger partial charge in [-0.3, -0.25) is 4.79 Å². The summed E-state index contributed by atoms with van der Waals surface area (Å²) in [6, 6.07) is 6.59. The van der Waals surface area contributed by atoms with Gasteiger partial charge in [-0.25, -0.2) is 0 Å². The lowest BCUT2D eigenvalue weighted by Crippen LogP contribution is -2.46. The van der Waals surface area contributed by atoms with Gasteiger partial charge in [-0.15, -0.1) is 0 Å². The molecule has 1 aliphatic carbocycles. The zero-order chi connectivity index (χ0) is 13.7. The number of nitrogens with two attached hydrogens (primary N) is 1. The molecule has 19 heavy (non-hydrogen) atoms. The average molecular weight is 262 g/mol. The fourth-order valence-corrected chi connectivity index (χ4v) is 2.53. The van der Waals surface area contributed by atoms with Gasteiger partial charge in [0, 0.05) is 6.04 Å². The van der Waals surface area contributed by atoms with Crippen LogP contribution in [0.2, 0.25) is 0 Å². The van der Waals surface area contributed by atoms with E-state index in [9.17, 15) is 9.90 Å². The zero-order valence-corrected chi connectivity index (χ0v) is 11.1. The third-order valence-electron chi connectivity index (χ3n) is 3.68. The average Bonchev–Trinajstić information content (AvgIpc) is 2.42. The van der Waals surface area contributed by atoms with E-state index in [0.29, 0.717) is 12.5 Å². The lowest BCUT2D eigenvalue weighted by atomic mass is 9.95. The van der Waals surface area contributed by atoms with E-state index in [-0.39, 0.29) is 11.7 Å². The molecule has 4 nitrogen and oxygen atoms in total. The van der Waals surface area contributed by atoms with Crippen molar-refractivity contribution in [2.75, 3.05) is 0 Å².